The van der Waals surface area contributed by atoms with Crippen molar-refractivity contribution < 1.29 is 9.90 Å². The zero-order valence-corrected chi connectivity index (χ0v) is 20.1. The van der Waals surface area contributed by atoms with Crippen molar-refractivity contribution in [1.29, 1.82) is 0 Å². The van der Waals surface area contributed by atoms with Crippen LogP contribution in [0.3, 0.4) is 0 Å². The summed E-state index contributed by atoms with van der Waals surface area (Å²) in [6, 6.07) is 0. The third-order valence-corrected chi connectivity index (χ3v) is 3.42. The zero-order valence-electron chi connectivity index (χ0n) is 20.1. The first-order valence-electron chi connectivity index (χ1n) is 10.9. The van der Waals surface area contributed by atoms with Crippen LogP contribution < -0.4 is 11.3 Å². The van der Waals surface area contributed by atoms with Gasteiger partial charge in [-0.3, -0.25) is 11.3 Å². The standard InChI is InChI=1S/C11H24N2O.C7H14O.C4H12N2/c1-5-6-7-8-9-10(14)12-13-11(2,3)4;1-2-3-4-5-6-7-8;1-4(2,3)6-5/h10,14H,5-9H2,1-4H3;7H,2-6H2,1H3;6H,5H2,1-3H3. The summed E-state index contributed by atoms with van der Waals surface area (Å²) < 4.78 is 0. The van der Waals surface area contributed by atoms with Gasteiger partial charge in [-0.15, -0.1) is 0 Å². The monoisotopic (exact) mass is 402 g/mol. The lowest BCUT2D eigenvalue weighted by Gasteiger charge is -2.14. The first kappa shape index (κ1) is 31.8. The number of carbonyl (C=O) groups excluding carboxylic acids is 1. The van der Waals surface area contributed by atoms with Gasteiger partial charge < -0.3 is 9.90 Å². The third-order valence-electron chi connectivity index (χ3n) is 3.42. The number of unbranched alkanes of at least 4 members (excludes halogenated alkanes) is 7. The van der Waals surface area contributed by atoms with E-state index in [1.807, 2.05) is 41.5 Å². The number of aliphatic hydroxyl groups is 1. The van der Waals surface area contributed by atoms with Gasteiger partial charge in [-0.25, -0.2) is 0 Å². The van der Waals surface area contributed by atoms with E-state index in [0.29, 0.717) is 0 Å². The van der Waals surface area contributed by atoms with Crippen LogP contribution in [0.25, 0.3) is 0 Å². The van der Waals surface area contributed by atoms with Crippen LogP contribution in [-0.2, 0) is 4.79 Å². The molecule has 0 rings (SSSR count). The molecule has 0 fully saturated rings. The minimum atomic E-state index is -0.605. The molecule has 1 unspecified atom stereocenters. The second-order valence-corrected chi connectivity index (χ2v) is 9.13. The van der Waals surface area contributed by atoms with Crippen LogP contribution >= 0.6 is 0 Å². The fourth-order valence-corrected chi connectivity index (χ4v) is 1.71. The SMILES string of the molecule is CC(C)(C)NN.CCCCCCC(O)N=NC(C)(C)C.CCCCCCC=O. The van der Waals surface area contributed by atoms with Gasteiger partial charge in [0.15, 0.2) is 6.23 Å². The van der Waals surface area contributed by atoms with Gasteiger partial charge in [0.2, 0.25) is 0 Å². The molecule has 0 aromatic rings. The summed E-state index contributed by atoms with van der Waals surface area (Å²) in [4.78, 5) is 9.77. The normalized spacial score (nSPS) is 12.6. The maximum absolute atomic E-state index is 9.77. The molecule has 0 saturated carbocycles. The van der Waals surface area contributed by atoms with E-state index < -0.39 is 6.23 Å². The number of carbonyl (C=O) groups is 1. The first-order valence-corrected chi connectivity index (χ1v) is 10.9. The summed E-state index contributed by atoms with van der Waals surface area (Å²) in [5.41, 5.74) is 2.50. The van der Waals surface area contributed by atoms with Crippen LogP contribution in [0.1, 0.15) is 120 Å². The quantitative estimate of drug-likeness (QED) is 0.131. The van der Waals surface area contributed by atoms with Crippen molar-refractivity contribution in [3.8, 4) is 0 Å². The molecule has 0 aromatic carbocycles. The molecule has 1 atom stereocenters. The highest BCUT2D eigenvalue weighted by Crippen LogP contribution is 2.11. The number of aliphatic hydroxyl groups excluding tert-OH is 1. The Balaban J connectivity index is -0.000000376. The summed E-state index contributed by atoms with van der Waals surface area (Å²) in [6.07, 6.45) is 11.4. The molecule has 170 valence electrons. The van der Waals surface area contributed by atoms with E-state index >= 15 is 0 Å². The van der Waals surface area contributed by atoms with Gasteiger partial charge in [-0.1, -0.05) is 52.4 Å². The number of nitrogens with two attached hydrogens (primary N) is 1. The number of hydrazine groups is 1. The molecule has 28 heavy (non-hydrogen) atoms. The zero-order chi connectivity index (χ0) is 22.5. The molecule has 0 amide bonds. The molecule has 0 heterocycles. The van der Waals surface area contributed by atoms with Gasteiger partial charge in [-0.2, -0.15) is 10.2 Å². The van der Waals surface area contributed by atoms with Gasteiger partial charge in [-0.05, 0) is 60.8 Å². The number of nitrogens with one attached hydrogen (secondary N) is 1. The molecule has 0 aromatic heterocycles. The van der Waals surface area contributed by atoms with Crippen LogP contribution in [0.2, 0.25) is 0 Å². The van der Waals surface area contributed by atoms with Crippen molar-refractivity contribution >= 4 is 6.29 Å². The van der Waals surface area contributed by atoms with Gasteiger partial charge in [0.25, 0.3) is 0 Å². The van der Waals surface area contributed by atoms with Crippen molar-refractivity contribution in [2.45, 2.75) is 137 Å². The molecule has 0 aliphatic rings. The van der Waals surface area contributed by atoms with Crippen molar-refractivity contribution in [3.05, 3.63) is 0 Å². The van der Waals surface area contributed by atoms with Crippen molar-refractivity contribution in [1.82, 2.24) is 5.43 Å². The summed E-state index contributed by atoms with van der Waals surface area (Å²) >= 11 is 0. The van der Waals surface area contributed by atoms with Crippen LogP contribution in [0, 0.1) is 0 Å². The molecule has 6 heteroatoms. The maximum atomic E-state index is 9.77. The van der Waals surface area contributed by atoms with Crippen LogP contribution in [0.4, 0.5) is 0 Å². The Labute approximate surface area is 175 Å². The topological polar surface area (TPSA) is 100 Å². The molecule has 0 saturated heterocycles. The fraction of sp³-hybridized carbons (Fsp3) is 0.955. The Hall–Kier alpha value is -0.850. The Bertz CT molecular complexity index is 347. The Morgan fingerprint density at radius 1 is 0.929 bits per heavy atom. The Morgan fingerprint density at radius 2 is 1.39 bits per heavy atom. The molecule has 0 aliphatic heterocycles. The van der Waals surface area contributed by atoms with E-state index in [1.54, 1.807) is 0 Å². The Kier molecular flexibility index (Phi) is 23.7. The van der Waals surface area contributed by atoms with Crippen LogP contribution in [0.5, 0.6) is 0 Å². The molecule has 0 bridgehead atoms. The highest BCUT2D eigenvalue weighted by molar-refractivity contribution is 5.48. The molecule has 0 aliphatic carbocycles. The highest BCUT2D eigenvalue weighted by Gasteiger charge is 2.08. The smallest absolute Gasteiger partial charge is 0.165 e. The summed E-state index contributed by atoms with van der Waals surface area (Å²) in [6.45, 7) is 16.3. The van der Waals surface area contributed by atoms with Gasteiger partial charge in [0.05, 0.1) is 5.54 Å². The van der Waals surface area contributed by atoms with E-state index in [-0.39, 0.29) is 11.1 Å². The van der Waals surface area contributed by atoms with Gasteiger partial charge in [0, 0.05) is 12.0 Å². The number of azo groups is 1. The summed E-state index contributed by atoms with van der Waals surface area (Å²) in [5.74, 6) is 5.06. The molecule has 0 radical (unpaired) electrons. The number of aldehydes is 1. The predicted octanol–water partition coefficient (Wildman–Crippen LogP) is 5.93. The van der Waals surface area contributed by atoms with E-state index in [9.17, 15) is 9.90 Å². The average molecular weight is 403 g/mol. The summed E-state index contributed by atoms with van der Waals surface area (Å²) in [7, 11) is 0. The molecular formula is C22H50N4O2. The van der Waals surface area contributed by atoms with Crippen molar-refractivity contribution in [2.75, 3.05) is 0 Å². The van der Waals surface area contributed by atoms with Crippen LogP contribution in [0.15, 0.2) is 10.2 Å². The minimum absolute atomic E-state index is 0.0694. The lowest BCUT2D eigenvalue weighted by Crippen LogP contribution is -2.41. The van der Waals surface area contributed by atoms with Gasteiger partial charge >= 0.3 is 0 Å². The van der Waals surface area contributed by atoms with E-state index in [0.717, 1.165) is 32.0 Å². The molecule has 0 spiro atoms. The minimum Gasteiger partial charge on any atom is -0.370 e. The average Bonchev–Trinajstić information content (AvgIpc) is 2.61. The second-order valence-electron chi connectivity index (χ2n) is 9.13. The second kappa shape index (κ2) is 20.9. The lowest BCUT2D eigenvalue weighted by atomic mass is 10.1. The van der Waals surface area contributed by atoms with Crippen LogP contribution in [-0.4, -0.2) is 28.7 Å². The number of nitrogens with zero attached hydrogens (tertiary/aromatic N) is 2. The summed E-state index contributed by atoms with van der Waals surface area (Å²) in [5, 5.41) is 17.4. The molecule has 4 N–H and O–H groups in total. The first-order chi connectivity index (χ1) is 12.9. The van der Waals surface area contributed by atoms with Crippen molar-refractivity contribution in [2.24, 2.45) is 16.1 Å². The largest absolute Gasteiger partial charge is 0.370 e. The molecule has 6 nitrogen and oxygen atoms in total. The van der Waals surface area contributed by atoms with E-state index in [1.165, 1.54) is 38.5 Å². The maximum Gasteiger partial charge on any atom is 0.165 e. The fourth-order valence-electron chi connectivity index (χ4n) is 1.71. The predicted molar refractivity (Wildman–Crippen MR) is 121 cm³/mol. The third kappa shape index (κ3) is 40.0. The number of hydrogen-bond donors (Lipinski definition) is 3. The number of hydrogen-bond acceptors (Lipinski definition) is 6. The van der Waals surface area contributed by atoms with Gasteiger partial charge in [0.1, 0.15) is 6.29 Å². The van der Waals surface area contributed by atoms with E-state index in [4.69, 9.17) is 5.84 Å². The van der Waals surface area contributed by atoms with E-state index in [2.05, 4.69) is 29.5 Å². The highest BCUT2D eigenvalue weighted by atomic mass is 16.3. The van der Waals surface area contributed by atoms with Crippen molar-refractivity contribution in [3.63, 3.8) is 0 Å². The Morgan fingerprint density at radius 3 is 1.75 bits per heavy atom. The number of rotatable bonds is 11. The molecular weight excluding hydrogens is 352 g/mol. The lowest BCUT2D eigenvalue weighted by molar-refractivity contribution is -0.107.